The average Bonchev–Trinajstić information content (AvgIpc) is 3.02. The highest BCUT2D eigenvalue weighted by atomic mass is 32.1. The number of fused-ring (bicyclic) bond motifs is 1. The summed E-state index contributed by atoms with van der Waals surface area (Å²) in [5.41, 5.74) is 1.35. The van der Waals surface area contributed by atoms with Gasteiger partial charge in [0.25, 0.3) is 0 Å². The van der Waals surface area contributed by atoms with Crippen molar-refractivity contribution in [3.05, 3.63) is 35.3 Å². The molecule has 2 aromatic rings. The third-order valence-corrected chi connectivity index (χ3v) is 8.05. The Balaban J connectivity index is 1.26. The summed E-state index contributed by atoms with van der Waals surface area (Å²) in [5.74, 6) is 2.77. The summed E-state index contributed by atoms with van der Waals surface area (Å²) in [7, 11) is 0. The van der Waals surface area contributed by atoms with Gasteiger partial charge in [-0.15, -0.1) is 11.3 Å². The van der Waals surface area contributed by atoms with E-state index in [9.17, 15) is 4.79 Å². The first-order valence-corrected chi connectivity index (χ1v) is 10.8. The van der Waals surface area contributed by atoms with Gasteiger partial charge in [0.05, 0.1) is 10.2 Å². The number of nitrogens with zero attached hydrogens (tertiary/aromatic N) is 1. The van der Waals surface area contributed by atoms with Crippen molar-refractivity contribution in [2.45, 2.75) is 51.5 Å². The number of carbonyl (C=O) groups excluding carboxylic acids is 1. The van der Waals surface area contributed by atoms with E-state index in [1.165, 1.54) is 38.5 Å². The first-order chi connectivity index (χ1) is 12.6. The fraction of sp³-hybridized carbons (Fsp3) is 0.545. The Morgan fingerprint density at radius 1 is 1.19 bits per heavy atom. The SMILES string of the molecule is CC(NC(=O)/C=C/c1nc2ccccc2s1)C12CC3CC(CC(C3)C1)C2. The lowest BCUT2D eigenvalue weighted by molar-refractivity contribution is -0.121. The molecule has 1 heterocycles. The molecule has 1 N–H and O–H groups in total. The fourth-order valence-corrected chi connectivity index (χ4v) is 7.10. The molecule has 3 nitrogen and oxygen atoms in total. The summed E-state index contributed by atoms with van der Waals surface area (Å²) >= 11 is 1.63. The van der Waals surface area contributed by atoms with E-state index in [0.717, 1.165) is 33.0 Å². The maximum absolute atomic E-state index is 12.5. The number of thiazole rings is 1. The van der Waals surface area contributed by atoms with Gasteiger partial charge in [-0.25, -0.2) is 4.98 Å². The second kappa shape index (κ2) is 6.19. The Kier molecular flexibility index (Phi) is 3.93. The Hall–Kier alpha value is -1.68. The van der Waals surface area contributed by atoms with Crippen LogP contribution in [-0.4, -0.2) is 16.9 Å². The van der Waals surface area contributed by atoms with Crippen LogP contribution in [-0.2, 0) is 4.79 Å². The molecule has 4 aliphatic carbocycles. The lowest BCUT2D eigenvalue weighted by atomic mass is 9.48. The summed E-state index contributed by atoms with van der Waals surface area (Å²) in [6.07, 6.45) is 11.8. The van der Waals surface area contributed by atoms with E-state index in [1.54, 1.807) is 17.4 Å². The van der Waals surface area contributed by atoms with Crippen molar-refractivity contribution in [2.75, 3.05) is 0 Å². The van der Waals surface area contributed by atoms with Crippen molar-refractivity contribution in [3.63, 3.8) is 0 Å². The summed E-state index contributed by atoms with van der Waals surface area (Å²) in [4.78, 5) is 17.1. The number of benzene rings is 1. The van der Waals surface area contributed by atoms with E-state index in [1.807, 2.05) is 24.3 Å². The Morgan fingerprint density at radius 2 is 1.85 bits per heavy atom. The highest BCUT2D eigenvalue weighted by Gasteiger charge is 2.53. The number of rotatable bonds is 4. The highest BCUT2D eigenvalue weighted by molar-refractivity contribution is 7.19. The molecule has 1 aromatic carbocycles. The van der Waals surface area contributed by atoms with Crippen LogP contribution in [0.2, 0.25) is 0 Å². The molecule has 1 unspecified atom stereocenters. The van der Waals surface area contributed by atoms with Crippen LogP contribution in [0.5, 0.6) is 0 Å². The van der Waals surface area contributed by atoms with Gasteiger partial charge < -0.3 is 5.32 Å². The molecule has 1 atom stereocenters. The standard InChI is InChI=1S/C22H26N2OS/c1-14(22-11-15-8-16(12-22)10-17(9-15)13-22)23-20(25)6-7-21-24-18-4-2-3-5-19(18)26-21/h2-7,14-17H,8-13H2,1H3,(H,23,25)/b7-6+. The van der Waals surface area contributed by atoms with Crippen LogP contribution in [0.15, 0.2) is 30.3 Å². The first-order valence-electron chi connectivity index (χ1n) is 9.94. The Bertz CT molecular complexity index is 800. The van der Waals surface area contributed by atoms with Crippen LogP contribution < -0.4 is 5.32 Å². The minimum atomic E-state index is 0.0208. The maximum Gasteiger partial charge on any atom is 0.244 e. The van der Waals surface area contributed by atoms with Gasteiger partial charge in [0, 0.05) is 12.1 Å². The summed E-state index contributed by atoms with van der Waals surface area (Å²) in [6.45, 7) is 2.23. The Morgan fingerprint density at radius 3 is 2.50 bits per heavy atom. The first kappa shape index (κ1) is 16.5. The van der Waals surface area contributed by atoms with Crippen LogP contribution >= 0.6 is 11.3 Å². The van der Waals surface area contributed by atoms with Crippen molar-refractivity contribution in [1.29, 1.82) is 0 Å². The van der Waals surface area contributed by atoms with Crippen LogP contribution in [0, 0.1) is 23.2 Å². The van der Waals surface area contributed by atoms with E-state index < -0.39 is 0 Å². The second-order valence-corrected chi connectivity index (χ2v) is 9.93. The molecule has 1 amide bonds. The summed E-state index contributed by atoms with van der Waals surface area (Å²) < 4.78 is 1.16. The molecular weight excluding hydrogens is 340 g/mol. The van der Waals surface area contributed by atoms with E-state index in [4.69, 9.17) is 0 Å². The van der Waals surface area contributed by atoms with Crippen LogP contribution in [0.3, 0.4) is 0 Å². The quantitative estimate of drug-likeness (QED) is 0.771. The normalized spacial score (nSPS) is 33.8. The maximum atomic E-state index is 12.5. The van der Waals surface area contributed by atoms with Gasteiger partial charge in [-0.05, 0) is 86.8 Å². The smallest absolute Gasteiger partial charge is 0.244 e. The number of hydrogen-bond donors (Lipinski definition) is 1. The van der Waals surface area contributed by atoms with Gasteiger partial charge >= 0.3 is 0 Å². The lowest BCUT2D eigenvalue weighted by Crippen LogP contribution is -2.55. The number of para-hydroxylation sites is 1. The van der Waals surface area contributed by atoms with Gasteiger partial charge in [-0.1, -0.05) is 12.1 Å². The molecule has 6 rings (SSSR count). The predicted molar refractivity (Wildman–Crippen MR) is 107 cm³/mol. The van der Waals surface area contributed by atoms with E-state index in [2.05, 4.69) is 23.3 Å². The zero-order valence-corrected chi connectivity index (χ0v) is 16.1. The van der Waals surface area contributed by atoms with Gasteiger partial charge in [0.2, 0.25) is 5.91 Å². The van der Waals surface area contributed by atoms with E-state index in [-0.39, 0.29) is 11.9 Å². The van der Waals surface area contributed by atoms with Crippen molar-refractivity contribution < 1.29 is 4.79 Å². The predicted octanol–water partition coefficient (Wildman–Crippen LogP) is 5.03. The highest BCUT2D eigenvalue weighted by Crippen LogP contribution is 2.61. The molecule has 4 heteroatoms. The monoisotopic (exact) mass is 366 g/mol. The van der Waals surface area contributed by atoms with Crippen LogP contribution in [0.4, 0.5) is 0 Å². The van der Waals surface area contributed by atoms with Gasteiger partial charge in [-0.3, -0.25) is 4.79 Å². The fourth-order valence-electron chi connectivity index (χ4n) is 6.23. The molecule has 4 aliphatic rings. The number of aromatic nitrogens is 1. The molecule has 0 saturated heterocycles. The molecule has 0 radical (unpaired) electrons. The average molecular weight is 367 g/mol. The number of nitrogens with one attached hydrogen (secondary N) is 1. The number of hydrogen-bond acceptors (Lipinski definition) is 3. The topological polar surface area (TPSA) is 42.0 Å². The molecule has 4 saturated carbocycles. The van der Waals surface area contributed by atoms with Crippen LogP contribution in [0.1, 0.15) is 50.5 Å². The van der Waals surface area contributed by atoms with Gasteiger partial charge in [0.1, 0.15) is 5.01 Å². The number of carbonyl (C=O) groups is 1. The van der Waals surface area contributed by atoms with Gasteiger partial charge in [0.15, 0.2) is 0 Å². The summed E-state index contributed by atoms with van der Waals surface area (Å²) in [6, 6.07) is 8.37. The summed E-state index contributed by atoms with van der Waals surface area (Å²) in [5, 5.41) is 4.18. The molecule has 26 heavy (non-hydrogen) atoms. The molecule has 1 aromatic heterocycles. The molecular formula is C22H26N2OS. The lowest BCUT2D eigenvalue weighted by Gasteiger charge is -2.59. The zero-order valence-electron chi connectivity index (χ0n) is 15.3. The van der Waals surface area contributed by atoms with Gasteiger partial charge in [-0.2, -0.15) is 0 Å². The Labute approximate surface area is 158 Å². The minimum Gasteiger partial charge on any atom is -0.350 e. The zero-order chi connectivity index (χ0) is 17.7. The molecule has 0 aliphatic heterocycles. The van der Waals surface area contributed by atoms with E-state index >= 15 is 0 Å². The third kappa shape index (κ3) is 2.88. The van der Waals surface area contributed by atoms with Crippen molar-refractivity contribution in [3.8, 4) is 0 Å². The van der Waals surface area contributed by atoms with E-state index in [0.29, 0.717) is 5.41 Å². The molecule has 4 fully saturated rings. The van der Waals surface area contributed by atoms with Crippen molar-refractivity contribution in [2.24, 2.45) is 23.2 Å². The van der Waals surface area contributed by atoms with Crippen molar-refractivity contribution in [1.82, 2.24) is 10.3 Å². The third-order valence-electron chi connectivity index (χ3n) is 7.05. The minimum absolute atomic E-state index is 0.0208. The molecule has 4 bridgehead atoms. The van der Waals surface area contributed by atoms with Crippen LogP contribution in [0.25, 0.3) is 16.3 Å². The molecule has 136 valence electrons. The van der Waals surface area contributed by atoms with Crippen molar-refractivity contribution >= 4 is 33.5 Å². The number of amides is 1. The largest absolute Gasteiger partial charge is 0.350 e. The second-order valence-electron chi connectivity index (χ2n) is 8.86. The molecule has 0 spiro atoms.